The third kappa shape index (κ3) is 3.52. The van der Waals surface area contributed by atoms with Gasteiger partial charge in [-0.05, 0) is 59.3 Å². The van der Waals surface area contributed by atoms with E-state index < -0.39 is 0 Å². The van der Waals surface area contributed by atoms with Crippen molar-refractivity contribution in [2.24, 2.45) is 0 Å². The molecule has 2 aromatic carbocycles. The van der Waals surface area contributed by atoms with Gasteiger partial charge in [-0.25, -0.2) is 0 Å². The monoisotopic (exact) mass is 373 g/mol. The summed E-state index contributed by atoms with van der Waals surface area (Å²) in [6, 6.07) is 20.7. The van der Waals surface area contributed by atoms with Crippen molar-refractivity contribution >= 4 is 23.1 Å². The first-order valence-electron chi connectivity index (χ1n) is 8.86. The van der Waals surface area contributed by atoms with Crippen LogP contribution in [-0.2, 0) is 0 Å². The molecule has 1 atom stereocenters. The van der Waals surface area contributed by atoms with Crippen LogP contribution < -0.4 is 10.2 Å². The maximum absolute atomic E-state index is 12.4. The predicted octanol–water partition coefficient (Wildman–Crippen LogP) is 2.97. The van der Waals surface area contributed by atoms with Gasteiger partial charge < -0.3 is 10.2 Å². The number of nitrogens with zero attached hydrogens (tertiary/aromatic N) is 6. The number of aromatic nitrogens is 5. The predicted molar refractivity (Wildman–Crippen MR) is 106 cm³/mol. The third-order valence-corrected chi connectivity index (χ3v) is 4.66. The van der Waals surface area contributed by atoms with Crippen molar-refractivity contribution in [3.63, 3.8) is 0 Å². The number of carbonyl (C=O) groups excluding carboxylic acids is 1. The van der Waals surface area contributed by atoms with E-state index in [2.05, 4.69) is 32.9 Å². The number of fused-ring (bicyclic) bond motifs is 1. The zero-order valence-electron chi connectivity index (χ0n) is 15.5. The summed E-state index contributed by atoms with van der Waals surface area (Å²) in [4.78, 5) is 14.4. The smallest absolute Gasteiger partial charge is 0.255 e. The minimum Gasteiger partial charge on any atom is -0.351 e. The van der Waals surface area contributed by atoms with E-state index in [1.165, 1.54) is 4.63 Å². The standard InChI is InChI=1S/C20H19N7O/c1-14(26(2)19-12-11-18-22-24-25-27(18)23-19)16-9-6-10-17(13-16)21-20(28)15-7-4-3-5-8-15/h3-14H,1-2H3,(H,21,28)/t14-/m1/s1. The zero-order chi connectivity index (χ0) is 19.5. The van der Waals surface area contributed by atoms with Crippen LogP contribution in [0.5, 0.6) is 0 Å². The van der Waals surface area contributed by atoms with E-state index in [1.807, 2.05) is 66.5 Å². The second-order valence-corrected chi connectivity index (χ2v) is 6.45. The minimum absolute atomic E-state index is 0.0232. The summed E-state index contributed by atoms with van der Waals surface area (Å²) in [6.45, 7) is 2.07. The van der Waals surface area contributed by atoms with Crippen LogP contribution in [0.25, 0.3) is 5.65 Å². The van der Waals surface area contributed by atoms with Gasteiger partial charge in [-0.2, -0.15) is 0 Å². The van der Waals surface area contributed by atoms with Gasteiger partial charge in [0.15, 0.2) is 11.5 Å². The molecule has 0 unspecified atom stereocenters. The number of rotatable bonds is 5. The Bertz CT molecular complexity index is 1110. The molecule has 0 saturated heterocycles. The molecule has 2 aromatic heterocycles. The number of hydrogen-bond donors (Lipinski definition) is 1. The van der Waals surface area contributed by atoms with Crippen LogP contribution in [0, 0.1) is 0 Å². The van der Waals surface area contributed by atoms with Crippen LogP contribution in [0.3, 0.4) is 0 Å². The van der Waals surface area contributed by atoms with Crippen molar-refractivity contribution in [3.05, 3.63) is 77.9 Å². The number of hydrogen-bond acceptors (Lipinski definition) is 6. The lowest BCUT2D eigenvalue weighted by Gasteiger charge is -2.26. The molecule has 0 aliphatic carbocycles. The molecule has 4 rings (SSSR count). The van der Waals surface area contributed by atoms with Gasteiger partial charge in [0.25, 0.3) is 5.91 Å². The highest BCUT2D eigenvalue weighted by atomic mass is 16.1. The van der Waals surface area contributed by atoms with E-state index in [0.29, 0.717) is 11.2 Å². The van der Waals surface area contributed by atoms with E-state index >= 15 is 0 Å². The van der Waals surface area contributed by atoms with Crippen molar-refractivity contribution in [1.82, 2.24) is 25.3 Å². The molecule has 0 bridgehead atoms. The Kier molecular flexibility index (Phi) is 4.67. The zero-order valence-corrected chi connectivity index (χ0v) is 15.5. The van der Waals surface area contributed by atoms with Gasteiger partial charge in [-0.1, -0.05) is 30.3 Å². The molecule has 140 valence electrons. The first-order chi connectivity index (χ1) is 13.6. The molecular weight excluding hydrogens is 354 g/mol. The number of nitrogens with one attached hydrogen (secondary N) is 1. The van der Waals surface area contributed by atoms with Crippen LogP contribution in [-0.4, -0.2) is 38.2 Å². The second kappa shape index (κ2) is 7.43. The maximum Gasteiger partial charge on any atom is 0.255 e. The fourth-order valence-corrected chi connectivity index (χ4v) is 2.92. The Morgan fingerprint density at radius 3 is 2.71 bits per heavy atom. The molecule has 8 nitrogen and oxygen atoms in total. The molecule has 0 saturated carbocycles. The number of tetrazole rings is 1. The van der Waals surface area contributed by atoms with Crippen LogP contribution in [0.2, 0.25) is 0 Å². The Hall–Kier alpha value is -3.81. The van der Waals surface area contributed by atoms with Gasteiger partial charge in [-0.3, -0.25) is 4.79 Å². The van der Waals surface area contributed by atoms with E-state index in [1.54, 1.807) is 12.1 Å². The molecule has 8 heteroatoms. The summed E-state index contributed by atoms with van der Waals surface area (Å²) in [5, 5.41) is 18.7. The molecule has 0 spiro atoms. The van der Waals surface area contributed by atoms with Crippen LogP contribution in [0.1, 0.15) is 28.9 Å². The molecule has 0 aliphatic heterocycles. The number of benzene rings is 2. The van der Waals surface area contributed by atoms with Crippen molar-refractivity contribution in [1.29, 1.82) is 0 Å². The molecule has 1 amide bonds. The quantitative estimate of drug-likeness (QED) is 0.579. The largest absolute Gasteiger partial charge is 0.351 e. The number of amides is 1. The summed E-state index contributed by atoms with van der Waals surface area (Å²) in [6.07, 6.45) is 0. The molecule has 0 fully saturated rings. The van der Waals surface area contributed by atoms with Gasteiger partial charge in [0.2, 0.25) is 0 Å². The van der Waals surface area contributed by atoms with Crippen LogP contribution in [0.15, 0.2) is 66.7 Å². The second-order valence-electron chi connectivity index (χ2n) is 6.45. The van der Waals surface area contributed by atoms with Crippen LogP contribution in [0.4, 0.5) is 11.5 Å². The molecule has 2 heterocycles. The van der Waals surface area contributed by atoms with Crippen LogP contribution >= 0.6 is 0 Å². The average Bonchev–Trinajstić information content (AvgIpc) is 3.21. The minimum atomic E-state index is -0.135. The molecule has 28 heavy (non-hydrogen) atoms. The lowest BCUT2D eigenvalue weighted by atomic mass is 10.1. The normalized spacial score (nSPS) is 11.9. The molecule has 4 aromatic rings. The Morgan fingerprint density at radius 2 is 1.89 bits per heavy atom. The first kappa shape index (κ1) is 17.6. The topological polar surface area (TPSA) is 88.3 Å². The van der Waals surface area contributed by atoms with Crippen molar-refractivity contribution in [2.75, 3.05) is 17.3 Å². The maximum atomic E-state index is 12.4. The van der Waals surface area contributed by atoms with Gasteiger partial charge in [0.05, 0.1) is 6.04 Å². The summed E-state index contributed by atoms with van der Waals surface area (Å²) in [5.41, 5.74) is 3.01. The summed E-state index contributed by atoms with van der Waals surface area (Å²) >= 11 is 0. The SMILES string of the molecule is C[C@H](c1cccc(NC(=O)c2ccccc2)c1)N(C)c1ccc2nnnn2n1. The van der Waals surface area contributed by atoms with Gasteiger partial charge in [-0.15, -0.1) is 14.8 Å². The molecule has 1 N–H and O–H groups in total. The van der Waals surface area contributed by atoms with Crippen molar-refractivity contribution < 1.29 is 4.79 Å². The van der Waals surface area contributed by atoms with Gasteiger partial charge in [0, 0.05) is 18.3 Å². The number of carbonyl (C=O) groups is 1. The Balaban J connectivity index is 1.53. The van der Waals surface area contributed by atoms with E-state index in [0.717, 1.165) is 17.1 Å². The van der Waals surface area contributed by atoms with E-state index in [-0.39, 0.29) is 11.9 Å². The van der Waals surface area contributed by atoms with Gasteiger partial charge in [0.1, 0.15) is 0 Å². The summed E-state index contributed by atoms with van der Waals surface area (Å²) in [5.74, 6) is 0.607. The highest BCUT2D eigenvalue weighted by Crippen LogP contribution is 2.25. The summed E-state index contributed by atoms with van der Waals surface area (Å²) < 4.78 is 1.40. The summed E-state index contributed by atoms with van der Waals surface area (Å²) in [7, 11) is 1.96. The van der Waals surface area contributed by atoms with Crippen molar-refractivity contribution in [3.8, 4) is 0 Å². The average molecular weight is 373 g/mol. The fraction of sp³-hybridized carbons (Fsp3) is 0.150. The Morgan fingerprint density at radius 1 is 1.07 bits per heavy atom. The lowest BCUT2D eigenvalue weighted by molar-refractivity contribution is 0.102. The third-order valence-electron chi connectivity index (χ3n) is 4.66. The Labute approximate surface area is 161 Å². The fourth-order valence-electron chi connectivity index (χ4n) is 2.92. The first-order valence-corrected chi connectivity index (χ1v) is 8.86. The van der Waals surface area contributed by atoms with Crippen molar-refractivity contribution in [2.45, 2.75) is 13.0 Å². The number of anilines is 2. The van der Waals surface area contributed by atoms with E-state index in [9.17, 15) is 4.79 Å². The molecular formula is C20H19N7O. The molecule has 0 aliphatic rings. The lowest BCUT2D eigenvalue weighted by Crippen LogP contribution is -2.23. The van der Waals surface area contributed by atoms with Gasteiger partial charge >= 0.3 is 0 Å². The highest BCUT2D eigenvalue weighted by molar-refractivity contribution is 6.04. The van der Waals surface area contributed by atoms with E-state index in [4.69, 9.17) is 0 Å². The molecule has 0 radical (unpaired) electrons. The highest BCUT2D eigenvalue weighted by Gasteiger charge is 2.16.